The molecule has 3 heterocycles. The van der Waals surface area contributed by atoms with Crippen molar-refractivity contribution in [2.24, 2.45) is 0 Å². The van der Waals surface area contributed by atoms with Crippen LogP contribution in [-0.2, 0) is 0 Å². The lowest BCUT2D eigenvalue weighted by molar-refractivity contribution is 0.669. The summed E-state index contributed by atoms with van der Waals surface area (Å²) in [6.45, 7) is 0. The van der Waals surface area contributed by atoms with Crippen LogP contribution in [0.1, 0.15) is 0 Å². The fraction of sp³-hybridized carbons (Fsp3) is 0. The van der Waals surface area contributed by atoms with Gasteiger partial charge < -0.3 is 4.42 Å². The molecule has 11 rings (SSSR count). The highest BCUT2D eigenvalue weighted by molar-refractivity contribution is 7.25. The maximum Gasteiger partial charge on any atom is 0.164 e. The molecule has 0 amide bonds. The second-order valence-electron chi connectivity index (χ2n) is 14.0. The van der Waals surface area contributed by atoms with Gasteiger partial charge in [-0.05, 0) is 75.8 Å². The lowest BCUT2D eigenvalue weighted by atomic mass is 9.91. The number of nitrogens with zero attached hydrogens (tertiary/aromatic N) is 3. The predicted molar refractivity (Wildman–Crippen MR) is 233 cm³/mol. The number of hydrogen-bond acceptors (Lipinski definition) is 5. The molecule has 0 aliphatic heterocycles. The van der Waals surface area contributed by atoms with Gasteiger partial charge in [0.25, 0.3) is 0 Å². The van der Waals surface area contributed by atoms with E-state index in [0.717, 1.165) is 60.9 Å². The molecule has 5 heteroatoms. The largest absolute Gasteiger partial charge is 0.456 e. The fourth-order valence-electron chi connectivity index (χ4n) is 7.77. The Hall–Kier alpha value is -7.21. The predicted octanol–water partition coefficient (Wildman–Crippen LogP) is 14.1. The molecule has 3 aromatic heterocycles. The number of furan rings is 1. The standard InChI is InChI=1S/C51H31N3OS/c1-4-13-32(14-5-1)35-24-26-47-44(28-35)40-25-23-37(29-48(40)56-47)42-31-46-43(39-21-10-11-22-45(39)55-46)30-41(42)36-19-12-20-38(27-36)51-53-49(33-15-6-2-7-16-33)52-50(54-51)34-17-8-3-9-18-34/h1-31H. The normalized spacial score (nSPS) is 11.6. The number of rotatable bonds is 6. The minimum atomic E-state index is 0.623. The van der Waals surface area contributed by atoms with Crippen molar-refractivity contribution in [1.29, 1.82) is 0 Å². The molecule has 0 aliphatic rings. The van der Waals surface area contributed by atoms with Crippen LogP contribution in [-0.4, -0.2) is 15.0 Å². The molecule has 0 aliphatic carbocycles. The highest BCUT2D eigenvalue weighted by atomic mass is 32.1. The number of hydrogen-bond donors (Lipinski definition) is 0. The van der Waals surface area contributed by atoms with Crippen molar-refractivity contribution in [2.45, 2.75) is 0 Å². The summed E-state index contributed by atoms with van der Waals surface area (Å²) in [6, 6.07) is 65.8. The van der Waals surface area contributed by atoms with Gasteiger partial charge in [-0.2, -0.15) is 0 Å². The number of benzene rings is 8. The van der Waals surface area contributed by atoms with E-state index in [9.17, 15) is 0 Å². The molecular formula is C51H31N3OS. The Kier molecular flexibility index (Phi) is 7.64. The Labute approximate surface area is 327 Å². The summed E-state index contributed by atoms with van der Waals surface area (Å²) in [5.74, 6) is 1.90. The van der Waals surface area contributed by atoms with Gasteiger partial charge in [0, 0.05) is 47.6 Å². The quantitative estimate of drug-likeness (QED) is 0.171. The zero-order valence-corrected chi connectivity index (χ0v) is 30.9. The van der Waals surface area contributed by atoms with Crippen LogP contribution in [0, 0.1) is 0 Å². The minimum absolute atomic E-state index is 0.623. The molecule has 0 saturated carbocycles. The summed E-state index contributed by atoms with van der Waals surface area (Å²) >= 11 is 1.84. The molecule has 11 aromatic rings. The molecule has 0 atom stereocenters. The smallest absolute Gasteiger partial charge is 0.164 e. The molecule has 0 unspecified atom stereocenters. The lowest BCUT2D eigenvalue weighted by Crippen LogP contribution is -2.00. The highest BCUT2D eigenvalue weighted by Gasteiger charge is 2.18. The number of aromatic nitrogens is 3. The van der Waals surface area contributed by atoms with Crippen LogP contribution in [0.25, 0.3) is 110 Å². The van der Waals surface area contributed by atoms with Gasteiger partial charge in [-0.1, -0.05) is 146 Å². The van der Waals surface area contributed by atoms with E-state index in [1.54, 1.807) is 0 Å². The van der Waals surface area contributed by atoms with E-state index in [-0.39, 0.29) is 0 Å². The first kappa shape index (κ1) is 32.2. The second-order valence-corrected chi connectivity index (χ2v) is 15.1. The highest BCUT2D eigenvalue weighted by Crippen LogP contribution is 2.43. The van der Waals surface area contributed by atoms with Crippen LogP contribution in [0.5, 0.6) is 0 Å². The average Bonchev–Trinajstić information content (AvgIpc) is 3.84. The molecule has 56 heavy (non-hydrogen) atoms. The Morgan fingerprint density at radius 3 is 1.61 bits per heavy atom. The van der Waals surface area contributed by atoms with Crippen molar-refractivity contribution >= 4 is 53.4 Å². The van der Waals surface area contributed by atoms with E-state index in [4.69, 9.17) is 19.4 Å². The summed E-state index contributed by atoms with van der Waals surface area (Å²) in [4.78, 5) is 15.0. The third-order valence-corrected chi connectivity index (χ3v) is 11.7. The lowest BCUT2D eigenvalue weighted by Gasteiger charge is -2.13. The molecule has 0 radical (unpaired) electrons. The van der Waals surface area contributed by atoms with Crippen molar-refractivity contribution < 1.29 is 4.42 Å². The molecule has 4 nitrogen and oxygen atoms in total. The van der Waals surface area contributed by atoms with Crippen molar-refractivity contribution in [3.63, 3.8) is 0 Å². The fourth-order valence-corrected chi connectivity index (χ4v) is 8.89. The van der Waals surface area contributed by atoms with Crippen LogP contribution in [0.4, 0.5) is 0 Å². The maximum absolute atomic E-state index is 6.48. The molecule has 262 valence electrons. The van der Waals surface area contributed by atoms with Crippen LogP contribution in [0.3, 0.4) is 0 Å². The van der Waals surface area contributed by atoms with Gasteiger partial charge in [-0.25, -0.2) is 15.0 Å². The first-order valence-corrected chi connectivity index (χ1v) is 19.5. The zero-order chi connectivity index (χ0) is 37.0. The molecule has 0 spiro atoms. The Morgan fingerprint density at radius 2 is 0.875 bits per heavy atom. The van der Waals surface area contributed by atoms with Crippen LogP contribution in [0.15, 0.2) is 192 Å². The Balaban J connectivity index is 1.09. The summed E-state index contributed by atoms with van der Waals surface area (Å²) in [7, 11) is 0. The molecule has 0 saturated heterocycles. The van der Waals surface area contributed by atoms with E-state index >= 15 is 0 Å². The summed E-state index contributed by atoms with van der Waals surface area (Å²) in [6.07, 6.45) is 0. The van der Waals surface area contributed by atoms with Crippen molar-refractivity contribution in [1.82, 2.24) is 15.0 Å². The van der Waals surface area contributed by atoms with E-state index in [0.29, 0.717) is 17.5 Å². The van der Waals surface area contributed by atoms with Gasteiger partial charge in [0.05, 0.1) is 0 Å². The molecule has 0 bridgehead atoms. The average molecular weight is 734 g/mol. The molecular weight excluding hydrogens is 703 g/mol. The first-order chi connectivity index (χ1) is 27.7. The van der Waals surface area contributed by atoms with E-state index in [2.05, 4.69) is 115 Å². The van der Waals surface area contributed by atoms with Crippen molar-refractivity contribution in [2.75, 3.05) is 0 Å². The summed E-state index contributed by atoms with van der Waals surface area (Å²) in [5, 5.41) is 4.72. The Morgan fingerprint density at radius 1 is 0.304 bits per heavy atom. The number of para-hydroxylation sites is 1. The molecule has 0 N–H and O–H groups in total. The van der Waals surface area contributed by atoms with E-state index < -0.39 is 0 Å². The zero-order valence-electron chi connectivity index (χ0n) is 30.1. The van der Waals surface area contributed by atoms with Crippen molar-refractivity contribution in [3.05, 3.63) is 188 Å². The van der Waals surface area contributed by atoms with Crippen molar-refractivity contribution in [3.8, 4) is 67.5 Å². The molecule has 8 aromatic carbocycles. The van der Waals surface area contributed by atoms with Crippen LogP contribution < -0.4 is 0 Å². The third kappa shape index (κ3) is 5.65. The monoisotopic (exact) mass is 733 g/mol. The van der Waals surface area contributed by atoms with Crippen LogP contribution in [0.2, 0.25) is 0 Å². The first-order valence-electron chi connectivity index (χ1n) is 18.7. The second kappa shape index (κ2) is 13.3. The van der Waals surface area contributed by atoms with Gasteiger partial charge in [-0.15, -0.1) is 11.3 Å². The number of thiophene rings is 1. The SMILES string of the molecule is c1ccc(-c2ccc3sc4cc(-c5cc6oc7ccccc7c6cc5-c5cccc(-c6nc(-c7ccccc7)nc(-c7ccccc7)n6)c5)ccc4c3c2)cc1. The number of fused-ring (bicyclic) bond motifs is 6. The van der Waals surface area contributed by atoms with Gasteiger partial charge in [-0.3, -0.25) is 0 Å². The third-order valence-electron chi connectivity index (χ3n) is 10.5. The molecule has 0 fully saturated rings. The summed E-state index contributed by atoms with van der Waals surface area (Å²) in [5.41, 5.74) is 11.4. The maximum atomic E-state index is 6.48. The van der Waals surface area contributed by atoms with Gasteiger partial charge >= 0.3 is 0 Å². The van der Waals surface area contributed by atoms with Gasteiger partial charge in [0.2, 0.25) is 0 Å². The minimum Gasteiger partial charge on any atom is -0.456 e. The van der Waals surface area contributed by atoms with E-state index in [1.807, 2.05) is 84.1 Å². The summed E-state index contributed by atoms with van der Waals surface area (Å²) < 4.78 is 9.00. The van der Waals surface area contributed by atoms with Crippen LogP contribution >= 0.6 is 11.3 Å². The Bertz CT molecular complexity index is 3180. The van der Waals surface area contributed by atoms with Gasteiger partial charge in [0.1, 0.15) is 11.2 Å². The van der Waals surface area contributed by atoms with E-state index in [1.165, 1.54) is 31.3 Å². The topological polar surface area (TPSA) is 51.8 Å². The van der Waals surface area contributed by atoms with Gasteiger partial charge in [0.15, 0.2) is 17.5 Å².